The number of hydrogen-bond acceptors (Lipinski definition) is 9. The molecule has 2 N–H and O–H groups in total. The molecule has 6 rings (SSSR count). The summed E-state index contributed by atoms with van der Waals surface area (Å²) in [4.78, 5) is 71.2. The van der Waals surface area contributed by atoms with Crippen molar-refractivity contribution < 1.29 is 51.4 Å². The van der Waals surface area contributed by atoms with E-state index in [2.05, 4.69) is 49.9 Å². The van der Waals surface area contributed by atoms with Crippen LogP contribution in [0.2, 0.25) is 51.4 Å². The van der Waals surface area contributed by atoms with Crippen molar-refractivity contribution in [2.45, 2.75) is 75.9 Å². The summed E-state index contributed by atoms with van der Waals surface area (Å²) < 4.78 is 53.9. The molecule has 2 atom stereocenters. The Morgan fingerprint density at radius 2 is 1.44 bits per heavy atom. The number of benzene rings is 2. The highest BCUT2D eigenvalue weighted by Gasteiger charge is 2.57. The van der Waals surface area contributed by atoms with E-state index in [0.717, 1.165) is 28.0 Å². The van der Waals surface area contributed by atoms with Crippen LogP contribution in [-0.2, 0) is 36.7 Å². The number of nitrogens with one attached hydrogen (secondary N) is 2. The minimum atomic E-state index is -2.04. The highest BCUT2D eigenvalue weighted by molar-refractivity contribution is 6.76. The molecule has 0 bridgehead atoms. The van der Waals surface area contributed by atoms with Gasteiger partial charge in [0, 0.05) is 52.9 Å². The molecule has 7 amide bonds. The molecule has 0 aliphatic carbocycles. The Labute approximate surface area is 319 Å². The van der Waals surface area contributed by atoms with Crippen molar-refractivity contribution in [2.24, 2.45) is 0 Å². The molecule has 2 aromatic carbocycles. The van der Waals surface area contributed by atoms with Crippen LogP contribution in [0.5, 0.6) is 5.75 Å². The fourth-order valence-electron chi connectivity index (χ4n) is 6.78. The van der Waals surface area contributed by atoms with E-state index >= 15 is 8.78 Å². The Balaban J connectivity index is 1.33. The molecule has 4 heterocycles. The second-order valence-corrected chi connectivity index (χ2v) is 28.1. The first-order valence-electron chi connectivity index (χ1n) is 18.0. The number of nitrogens with zero attached hydrogens (tertiary/aromatic N) is 3. The maximum absolute atomic E-state index is 16.0. The number of imide groups is 2. The van der Waals surface area contributed by atoms with Crippen LogP contribution in [0.15, 0.2) is 34.7 Å². The van der Waals surface area contributed by atoms with Crippen molar-refractivity contribution in [3.05, 3.63) is 64.4 Å². The van der Waals surface area contributed by atoms with Gasteiger partial charge in [0.25, 0.3) is 17.7 Å². The van der Waals surface area contributed by atoms with Gasteiger partial charge in [0.05, 0.1) is 19.2 Å². The number of methoxy groups -OCH3 is 1. The number of rotatable bonds is 15. The molecular formula is C37H47F2N5O9Si2. The number of amides is 7. The first kappa shape index (κ1) is 40.0. The minimum absolute atomic E-state index is 0.0405. The number of halogens is 2. The van der Waals surface area contributed by atoms with Gasteiger partial charge in [-0.1, -0.05) is 45.3 Å². The average Bonchev–Trinajstić information content (AvgIpc) is 3.78. The molecule has 2 saturated heterocycles. The lowest BCUT2D eigenvalue weighted by Gasteiger charge is -2.29. The van der Waals surface area contributed by atoms with E-state index in [1.165, 1.54) is 37.1 Å². The largest absolute Gasteiger partial charge is 0.494 e. The molecule has 1 aromatic heterocycles. The molecule has 18 heteroatoms. The molecule has 3 aliphatic rings. The summed E-state index contributed by atoms with van der Waals surface area (Å²) in [6.45, 7) is 13.8. The quantitative estimate of drug-likeness (QED) is 0.115. The summed E-state index contributed by atoms with van der Waals surface area (Å²) in [5, 5.41) is 5.52. The topological polar surface area (TPSA) is 160 Å². The molecule has 3 aromatic rings. The van der Waals surface area contributed by atoms with Gasteiger partial charge in [-0.15, -0.1) is 0 Å². The molecule has 0 radical (unpaired) electrons. The molecule has 2 fully saturated rings. The third-order valence-electron chi connectivity index (χ3n) is 10.2. The lowest BCUT2D eigenvalue weighted by atomic mass is 9.90. The van der Waals surface area contributed by atoms with Crippen molar-refractivity contribution in [3.63, 3.8) is 0 Å². The SMILES string of the molecule is COc1ccc2c(c1F)C(=O)N(CC1(c3cc4cc([C@@]5(C)NC(=O)N(COCC[Si](C)(C)C)C5=O)c(F)cc4o3)NC(=O)N(COCC[Si](C)(C)C)C1=O)C2. The van der Waals surface area contributed by atoms with Gasteiger partial charge in [-0.2, -0.15) is 0 Å². The molecule has 296 valence electrons. The third kappa shape index (κ3) is 7.51. The number of ether oxygens (including phenoxy) is 3. The summed E-state index contributed by atoms with van der Waals surface area (Å²) in [5.74, 6) is -4.27. The van der Waals surface area contributed by atoms with Gasteiger partial charge in [-0.25, -0.2) is 28.2 Å². The van der Waals surface area contributed by atoms with Crippen LogP contribution in [0.25, 0.3) is 11.0 Å². The second-order valence-electron chi connectivity index (χ2n) is 16.8. The van der Waals surface area contributed by atoms with Gasteiger partial charge in [0.15, 0.2) is 17.1 Å². The lowest BCUT2D eigenvalue weighted by Crippen LogP contribution is -2.52. The zero-order valence-corrected chi connectivity index (χ0v) is 34.3. The fraction of sp³-hybridized carbons (Fsp3) is 0.486. The summed E-state index contributed by atoms with van der Waals surface area (Å²) >= 11 is 0. The van der Waals surface area contributed by atoms with E-state index in [-0.39, 0.29) is 53.6 Å². The Bertz CT molecular complexity index is 2080. The number of carbonyl (C=O) groups is 5. The predicted octanol–water partition coefficient (Wildman–Crippen LogP) is 5.51. The number of fused-ring (bicyclic) bond motifs is 2. The zero-order valence-electron chi connectivity index (χ0n) is 32.3. The van der Waals surface area contributed by atoms with Crippen molar-refractivity contribution in [1.82, 2.24) is 25.3 Å². The van der Waals surface area contributed by atoms with Gasteiger partial charge in [-0.05, 0) is 42.8 Å². The van der Waals surface area contributed by atoms with Gasteiger partial charge >= 0.3 is 12.1 Å². The first-order valence-corrected chi connectivity index (χ1v) is 25.4. The Morgan fingerprint density at radius 3 is 2.04 bits per heavy atom. The van der Waals surface area contributed by atoms with Crippen LogP contribution in [-0.4, -0.2) is 101 Å². The van der Waals surface area contributed by atoms with Gasteiger partial charge in [-0.3, -0.25) is 14.4 Å². The standard InChI is InChI=1S/C37H47F2N5O9Si2/c1-36(32(46)43(34(48)40-36)20-51-11-13-54(3,4)5)24-15-23-16-28(53-27(23)17-25(24)38)37(33(47)44(35(49)41-37)21-52-12-14-55(6,7)8)19-42-18-22-9-10-26(50-2)30(39)29(22)31(42)45/h9-10,15-17H,11-14,18-21H2,1-8H3,(H,40,48)(H,41,49)/t36-,37?/m1/s1. The Hall–Kier alpha value is -4.66. The van der Waals surface area contributed by atoms with E-state index in [1.807, 2.05) is 0 Å². The number of furan rings is 1. The van der Waals surface area contributed by atoms with Gasteiger partial charge < -0.3 is 34.2 Å². The predicted molar refractivity (Wildman–Crippen MR) is 202 cm³/mol. The van der Waals surface area contributed by atoms with E-state index in [9.17, 15) is 24.0 Å². The highest BCUT2D eigenvalue weighted by Crippen LogP contribution is 2.40. The molecule has 1 unspecified atom stereocenters. The van der Waals surface area contributed by atoms with E-state index in [4.69, 9.17) is 18.6 Å². The number of carbonyl (C=O) groups excluding carboxylic acids is 5. The monoisotopic (exact) mass is 799 g/mol. The highest BCUT2D eigenvalue weighted by atomic mass is 28.3. The van der Waals surface area contributed by atoms with E-state index < -0.39 is 75.2 Å². The number of urea groups is 2. The fourth-order valence-corrected chi connectivity index (χ4v) is 8.30. The maximum atomic E-state index is 16.0. The molecule has 0 spiro atoms. The average molecular weight is 800 g/mol. The normalized spacial score (nSPS) is 21.6. The second kappa shape index (κ2) is 14.4. The van der Waals surface area contributed by atoms with Crippen LogP contribution in [0.3, 0.4) is 0 Å². The van der Waals surface area contributed by atoms with Crippen molar-refractivity contribution in [1.29, 1.82) is 0 Å². The third-order valence-corrected chi connectivity index (χ3v) is 13.6. The zero-order chi connectivity index (χ0) is 40.2. The van der Waals surface area contributed by atoms with Crippen molar-refractivity contribution in [3.8, 4) is 5.75 Å². The van der Waals surface area contributed by atoms with Crippen LogP contribution >= 0.6 is 0 Å². The molecule has 14 nitrogen and oxygen atoms in total. The van der Waals surface area contributed by atoms with Gasteiger partial charge in [0.2, 0.25) is 0 Å². The van der Waals surface area contributed by atoms with Crippen molar-refractivity contribution >= 4 is 56.9 Å². The summed E-state index contributed by atoms with van der Waals surface area (Å²) in [7, 11) is -1.66. The van der Waals surface area contributed by atoms with Crippen LogP contribution in [0, 0.1) is 11.6 Å². The molecule has 3 aliphatic heterocycles. The smallest absolute Gasteiger partial charge is 0.327 e. The van der Waals surface area contributed by atoms with Crippen molar-refractivity contribution in [2.75, 3.05) is 40.3 Å². The molecular weight excluding hydrogens is 753 g/mol. The van der Waals surface area contributed by atoms with Crippen LogP contribution in [0.4, 0.5) is 18.4 Å². The maximum Gasteiger partial charge on any atom is 0.327 e. The summed E-state index contributed by atoms with van der Waals surface area (Å²) in [6.07, 6.45) is 0. The van der Waals surface area contributed by atoms with Crippen LogP contribution in [0.1, 0.15) is 34.2 Å². The summed E-state index contributed by atoms with van der Waals surface area (Å²) in [6, 6.07) is 6.74. The Kier molecular flexibility index (Phi) is 10.5. The van der Waals surface area contributed by atoms with E-state index in [0.29, 0.717) is 18.8 Å². The van der Waals surface area contributed by atoms with Crippen LogP contribution < -0.4 is 15.4 Å². The molecule has 0 saturated carbocycles. The first-order chi connectivity index (χ1) is 25.7. The van der Waals surface area contributed by atoms with E-state index in [1.54, 1.807) is 6.07 Å². The summed E-state index contributed by atoms with van der Waals surface area (Å²) in [5.41, 5.74) is -3.93. The molecule has 55 heavy (non-hydrogen) atoms. The Morgan fingerprint density at radius 1 is 0.836 bits per heavy atom. The minimum Gasteiger partial charge on any atom is -0.494 e. The lowest BCUT2D eigenvalue weighted by molar-refractivity contribution is -0.136. The number of hydrogen-bond donors (Lipinski definition) is 2. The van der Waals surface area contributed by atoms with Gasteiger partial charge in [0.1, 0.15) is 36.2 Å².